The lowest BCUT2D eigenvalue weighted by Gasteiger charge is -2.12. The summed E-state index contributed by atoms with van der Waals surface area (Å²) in [5.41, 5.74) is 3.64. The Labute approximate surface area is 122 Å². The molecule has 0 aliphatic carbocycles. The van der Waals surface area contributed by atoms with E-state index in [9.17, 15) is 0 Å². The molecule has 0 spiro atoms. The molecule has 0 aliphatic rings. The van der Waals surface area contributed by atoms with Crippen molar-refractivity contribution in [2.75, 3.05) is 7.05 Å². The number of ether oxygens (including phenoxy) is 1. The largest absolute Gasteiger partial charge is 0.456 e. The smallest absolute Gasteiger partial charge is 0.141 e. The third-order valence-electron chi connectivity index (χ3n) is 3.15. The van der Waals surface area contributed by atoms with E-state index in [1.807, 2.05) is 25.2 Å². The van der Waals surface area contributed by atoms with Crippen molar-refractivity contribution in [1.82, 2.24) is 5.32 Å². The van der Waals surface area contributed by atoms with Crippen molar-refractivity contribution in [3.8, 4) is 11.5 Å². The third kappa shape index (κ3) is 3.37. The second kappa shape index (κ2) is 6.22. The highest BCUT2D eigenvalue weighted by Gasteiger charge is 2.07. The molecule has 19 heavy (non-hydrogen) atoms. The van der Waals surface area contributed by atoms with Crippen LogP contribution in [0.1, 0.15) is 16.7 Å². The van der Waals surface area contributed by atoms with Crippen molar-refractivity contribution in [3.05, 3.63) is 57.6 Å². The van der Waals surface area contributed by atoms with Gasteiger partial charge in [0.05, 0.1) is 4.47 Å². The van der Waals surface area contributed by atoms with E-state index in [1.54, 1.807) is 0 Å². The molecule has 0 fully saturated rings. The van der Waals surface area contributed by atoms with Crippen molar-refractivity contribution >= 4 is 15.9 Å². The third-order valence-corrected chi connectivity index (χ3v) is 3.77. The van der Waals surface area contributed by atoms with Crippen LogP contribution < -0.4 is 10.1 Å². The summed E-state index contributed by atoms with van der Waals surface area (Å²) in [6.07, 6.45) is 0. The van der Waals surface area contributed by atoms with Gasteiger partial charge in [0.2, 0.25) is 0 Å². The van der Waals surface area contributed by atoms with Gasteiger partial charge < -0.3 is 10.1 Å². The molecule has 2 aromatic rings. The van der Waals surface area contributed by atoms with Crippen LogP contribution in [0.5, 0.6) is 11.5 Å². The Morgan fingerprint density at radius 3 is 2.58 bits per heavy atom. The number of rotatable bonds is 4. The maximum absolute atomic E-state index is 5.99. The van der Waals surface area contributed by atoms with Crippen molar-refractivity contribution in [2.24, 2.45) is 0 Å². The van der Waals surface area contributed by atoms with E-state index in [0.717, 1.165) is 22.5 Å². The van der Waals surface area contributed by atoms with Gasteiger partial charge in [-0.05, 0) is 71.7 Å². The van der Waals surface area contributed by atoms with Gasteiger partial charge in [0, 0.05) is 6.54 Å². The molecule has 0 aromatic heterocycles. The molecule has 0 unspecified atom stereocenters. The molecule has 100 valence electrons. The SMILES string of the molecule is CNCc1ccc(Oc2cccc(C)c2C)c(Br)c1. The fraction of sp³-hybridized carbons (Fsp3) is 0.250. The van der Waals surface area contributed by atoms with Crippen LogP contribution in [-0.4, -0.2) is 7.05 Å². The predicted octanol–water partition coefficient (Wildman–Crippen LogP) is 4.58. The van der Waals surface area contributed by atoms with Gasteiger partial charge in [-0.2, -0.15) is 0 Å². The molecule has 0 atom stereocenters. The summed E-state index contributed by atoms with van der Waals surface area (Å²) in [7, 11) is 1.94. The monoisotopic (exact) mass is 319 g/mol. The first-order valence-electron chi connectivity index (χ1n) is 6.29. The Morgan fingerprint density at radius 1 is 1.11 bits per heavy atom. The van der Waals surface area contributed by atoms with Gasteiger partial charge in [-0.25, -0.2) is 0 Å². The summed E-state index contributed by atoms with van der Waals surface area (Å²) >= 11 is 3.56. The standard InChI is InChI=1S/C16H18BrNO/c1-11-5-4-6-15(12(11)2)19-16-8-7-13(10-18-3)9-14(16)17/h4-9,18H,10H2,1-3H3. The highest BCUT2D eigenvalue weighted by atomic mass is 79.9. The molecule has 3 heteroatoms. The maximum Gasteiger partial charge on any atom is 0.141 e. The Kier molecular flexibility index (Phi) is 4.61. The van der Waals surface area contributed by atoms with E-state index >= 15 is 0 Å². The van der Waals surface area contributed by atoms with E-state index in [1.165, 1.54) is 16.7 Å². The topological polar surface area (TPSA) is 21.3 Å². The van der Waals surface area contributed by atoms with Gasteiger partial charge in [0.1, 0.15) is 11.5 Å². The van der Waals surface area contributed by atoms with Crippen molar-refractivity contribution in [1.29, 1.82) is 0 Å². The zero-order valence-corrected chi connectivity index (χ0v) is 13.0. The molecular formula is C16H18BrNO. The Bertz CT molecular complexity index is 581. The summed E-state index contributed by atoms with van der Waals surface area (Å²) in [4.78, 5) is 0. The van der Waals surface area contributed by atoms with Crippen LogP contribution in [0.25, 0.3) is 0 Å². The van der Waals surface area contributed by atoms with Crippen molar-refractivity contribution in [2.45, 2.75) is 20.4 Å². The summed E-state index contributed by atoms with van der Waals surface area (Å²) in [6.45, 7) is 5.02. The molecule has 1 N–H and O–H groups in total. The maximum atomic E-state index is 5.99. The Morgan fingerprint density at radius 2 is 1.89 bits per heavy atom. The first-order chi connectivity index (χ1) is 9.11. The van der Waals surface area contributed by atoms with Gasteiger partial charge in [0.25, 0.3) is 0 Å². The van der Waals surface area contributed by atoms with Crippen LogP contribution in [0.2, 0.25) is 0 Å². The number of nitrogens with one attached hydrogen (secondary N) is 1. The molecule has 0 saturated heterocycles. The molecular weight excluding hydrogens is 302 g/mol. The summed E-state index contributed by atoms with van der Waals surface area (Å²) < 4.78 is 6.96. The van der Waals surface area contributed by atoms with Crippen molar-refractivity contribution < 1.29 is 4.74 Å². The van der Waals surface area contributed by atoms with E-state index in [0.29, 0.717) is 0 Å². The van der Waals surface area contributed by atoms with Gasteiger partial charge >= 0.3 is 0 Å². The number of aryl methyl sites for hydroxylation is 1. The first kappa shape index (κ1) is 14.1. The molecule has 0 heterocycles. The summed E-state index contributed by atoms with van der Waals surface area (Å²) in [5, 5.41) is 3.14. The average molecular weight is 320 g/mol. The molecule has 2 aromatic carbocycles. The van der Waals surface area contributed by atoms with Gasteiger partial charge in [-0.1, -0.05) is 18.2 Å². The minimum absolute atomic E-state index is 0.841. The molecule has 0 saturated carbocycles. The van der Waals surface area contributed by atoms with E-state index in [4.69, 9.17) is 4.74 Å². The van der Waals surface area contributed by atoms with E-state index in [2.05, 4.69) is 53.3 Å². The van der Waals surface area contributed by atoms with E-state index < -0.39 is 0 Å². The van der Waals surface area contributed by atoms with Crippen LogP contribution in [-0.2, 0) is 6.54 Å². The number of benzene rings is 2. The predicted molar refractivity (Wildman–Crippen MR) is 82.9 cm³/mol. The van der Waals surface area contributed by atoms with Gasteiger partial charge in [0.15, 0.2) is 0 Å². The number of hydrogen-bond acceptors (Lipinski definition) is 2. The second-order valence-corrected chi connectivity index (χ2v) is 5.45. The first-order valence-corrected chi connectivity index (χ1v) is 7.08. The summed E-state index contributed by atoms with van der Waals surface area (Å²) in [6, 6.07) is 12.3. The zero-order chi connectivity index (χ0) is 13.8. The second-order valence-electron chi connectivity index (χ2n) is 4.60. The number of halogens is 1. The van der Waals surface area contributed by atoms with Crippen LogP contribution in [0.15, 0.2) is 40.9 Å². The Hall–Kier alpha value is -1.32. The fourth-order valence-corrected chi connectivity index (χ4v) is 2.40. The average Bonchev–Trinajstić information content (AvgIpc) is 2.38. The lowest BCUT2D eigenvalue weighted by Crippen LogP contribution is -2.04. The minimum Gasteiger partial charge on any atom is -0.456 e. The molecule has 0 amide bonds. The Balaban J connectivity index is 2.26. The van der Waals surface area contributed by atoms with E-state index in [-0.39, 0.29) is 0 Å². The lowest BCUT2D eigenvalue weighted by molar-refractivity contribution is 0.475. The zero-order valence-electron chi connectivity index (χ0n) is 11.5. The molecule has 0 bridgehead atoms. The molecule has 2 nitrogen and oxygen atoms in total. The molecule has 0 aliphatic heterocycles. The highest BCUT2D eigenvalue weighted by Crippen LogP contribution is 2.32. The van der Waals surface area contributed by atoms with Gasteiger partial charge in [-0.15, -0.1) is 0 Å². The van der Waals surface area contributed by atoms with Crippen LogP contribution in [0, 0.1) is 13.8 Å². The van der Waals surface area contributed by atoms with Crippen molar-refractivity contribution in [3.63, 3.8) is 0 Å². The summed E-state index contributed by atoms with van der Waals surface area (Å²) in [5.74, 6) is 1.75. The molecule has 0 radical (unpaired) electrons. The normalized spacial score (nSPS) is 10.5. The fourth-order valence-electron chi connectivity index (χ4n) is 1.89. The molecule has 2 rings (SSSR count). The lowest BCUT2D eigenvalue weighted by atomic mass is 10.1. The highest BCUT2D eigenvalue weighted by molar-refractivity contribution is 9.10. The van der Waals surface area contributed by atoms with Crippen LogP contribution in [0.4, 0.5) is 0 Å². The van der Waals surface area contributed by atoms with Gasteiger partial charge in [-0.3, -0.25) is 0 Å². The number of hydrogen-bond donors (Lipinski definition) is 1. The quantitative estimate of drug-likeness (QED) is 0.890. The van der Waals surface area contributed by atoms with Crippen LogP contribution >= 0.6 is 15.9 Å². The minimum atomic E-state index is 0.841. The van der Waals surface area contributed by atoms with Crippen LogP contribution in [0.3, 0.4) is 0 Å².